The minimum atomic E-state index is -0.711. The molecule has 0 aliphatic rings. The molecular weight excluding hydrogens is 289 g/mol. The van der Waals surface area contributed by atoms with Crippen LogP contribution in [0.1, 0.15) is 17.2 Å². The second-order valence-corrected chi connectivity index (χ2v) is 4.80. The van der Waals surface area contributed by atoms with Crippen LogP contribution in [0.5, 0.6) is 0 Å². The van der Waals surface area contributed by atoms with Gasteiger partial charge in [0.1, 0.15) is 17.5 Å². The van der Waals surface area contributed by atoms with Crippen LogP contribution in [-0.4, -0.2) is 0 Å². The fourth-order valence-corrected chi connectivity index (χ4v) is 2.12. The molecule has 0 aromatic heterocycles. The molecule has 0 aliphatic heterocycles. The lowest BCUT2D eigenvalue weighted by atomic mass is 9.99. The van der Waals surface area contributed by atoms with Crippen molar-refractivity contribution in [3.8, 4) is 0 Å². The van der Waals surface area contributed by atoms with Crippen molar-refractivity contribution in [2.24, 2.45) is 5.84 Å². The summed E-state index contributed by atoms with van der Waals surface area (Å²) < 4.78 is 40.1. The van der Waals surface area contributed by atoms with Crippen molar-refractivity contribution in [2.75, 3.05) is 0 Å². The molecule has 2 aromatic carbocycles. The van der Waals surface area contributed by atoms with Crippen molar-refractivity contribution >= 4 is 11.6 Å². The predicted molar refractivity (Wildman–Crippen MR) is 71.5 cm³/mol. The molecule has 0 amide bonds. The van der Waals surface area contributed by atoms with Gasteiger partial charge in [0.25, 0.3) is 0 Å². The number of hydrogen-bond acceptors (Lipinski definition) is 2. The summed E-state index contributed by atoms with van der Waals surface area (Å²) >= 11 is 5.67. The van der Waals surface area contributed by atoms with E-state index in [0.717, 1.165) is 18.2 Å². The maximum atomic E-state index is 13.7. The fourth-order valence-electron chi connectivity index (χ4n) is 1.96. The van der Waals surface area contributed by atoms with E-state index in [2.05, 4.69) is 5.43 Å². The van der Waals surface area contributed by atoms with Gasteiger partial charge in [-0.3, -0.25) is 11.3 Å². The Morgan fingerprint density at radius 2 is 1.70 bits per heavy atom. The molecule has 1 unspecified atom stereocenters. The number of hydrogen-bond donors (Lipinski definition) is 2. The van der Waals surface area contributed by atoms with E-state index in [-0.39, 0.29) is 11.4 Å². The van der Waals surface area contributed by atoms with Crippen LogP contribution in [0.2, 0.25) is 5.02 Å². The van der Waals surface area contributed by atoms with E-state index >= 15 is 0 Å². The molecule has 106 valence electrons. The minimum Gasteiger partial charge on any atom is -0.271 e. The molecule has 0 aliphatic carbocycles. The van der Waals surface area contributed by atoms with Crippen LogP contribution in [0, 0.1) is 17.5 Å². The van der Waals surface area contributed by atoms with Gasteiger partial charge in [-0.2, -0.15) is 0 Å². The topological polar surface area (TPSA) is 38.0 Å². The molecule has 3 N–H and O–H groups in total. The SMILES string of the molecule is NNC(Cc1ccc(Cl)cc1F)c1cc(F)cc(F)c1. The van der Waals surface area contributed by atoms with Gasteiger partial charge in [-0.15, -0.1) is 0 Å². The van der Waals surface area contributed by atoms with E-state index in [4.69, 9.17) is 17.4 Å². The minimum absolute atomic E-state index is 0.141. The number of rotatable bonds is 4. The van der Waals surface area contributed by atoms with Crippen LogP contribution in [-0.2, 0) is 6.42 Å². The first-order valence-electron chi connectivity index (χ1n) is 5.85. The number of benzene rings is 2. The van der Waals surface area contributed by atoms with Crippen molar-refractivity contribution < 1.29 is 13.2 Å². The zero-order chi connectivity index (χ0) is 14.7. The molecule has 0 radical (unpaired) electrons. The number of hydrazine groups is 1. The van der Waals surface area contributed by atoms with Gasteiger partial charge in [0, 0.05) is 11.1 Å². The van der Waals surface area contributed by atoms with Gasteiger partial charge in [0.05, 0.1) is 6.04 Å². The Morgan fingerprint density at radius 1 is 1.05 bits per heavy atom. The lowest BCUT2D eigenvalue weighted by molar-refractivity contribution is 0.516. The Morgan fingerprint density at radius 3 is 2.25 bits per heavy atom. The third-order valence-corrected chi connectivity index (χ3v) is 3.16. The highest BCUT2D eigenvalue weighted by Crippen LogP contribution is 2.23. The van der Waals surface area contributed by atoms with Crippen LogP contribution in [0.4, 0.5) is 13.2 Å². The Bertz CT molecular complexity index is 599. The monoisotopic (exact) mass is 300 g/mol. The van der Waals surface area contributed by atoms with Crippen LogP contribution in [0.15, 0.2) is 36.4 Å². The number of nitrogens with two attached hydrogens (primary N) is 1. The molecular formula is C14H12ClF3N2. The Labute approximate surface area is 119 Å². The van der Waals surface area contributed by atoms with Gasteiger partial charge in [-0.25, -0.2) is 13.2 Å². The second-order valence-electron chi connectivity index (χ2n) is 4.36. The molecule has 20 heavy (non-hydrogen) atoms. The summed E-state index contributed by atoms with van der Waals surface area (Å²) in [6.07, 6.45) is 0.141. The van der Waals surface area contributed by atoms with Crippen LogP contribution < -0.4 is 11.3 Å². The molecule has 6 heteroatoms. The lowest BCUT2D eigenvalue weighted by Crippen LogP contribution is -2.30. The Kier molecular flexibility index (Phi) is 4.65. The van der Waals surface area contributed by atoms with Gasteiger partial charge in [0.15, 0.2) is 0 Å². The van der Waals surface area contributed by atoms with E-state index in [1.54, 1.807) is 6.07 Å². The molecule has 2 nitrogen and oxygen atoms in total. The summed E-state index contributed by atoms with van der Waals surface area (Å²) in [5.74, 6) is 3.48. The van der Waals surface area contributed by atoms with Gasteiger partial charge in [-0.05, 0) is 41.8 Å². The van der Waals surface area contributed by atoms with Crippen LogP contribution in [0.25, 0.3) is 0 Å². The molecule has 0 bridgehead atoms. The molecule has 2 rings (SSSR count). The first kappa shape index (κ1) is 14.8. The summed E-state index contributed by atoms with van der Waals surface area (Å²) in [6, 6.07) is 6.69. The van der Waals surface area contributed by atoms with Gasteiger partial charge < -0.3 is 0 Å². The highest BCUT2D eigenvalue weighted by molar-refractivity contribution is 6.30. The van der Waals surface area contributed by atoms with E-state index in [9.17, 15) is 13.2 Å². The summed E-state index contributed by atoms with van der Waals surface area (Å²) in [5, 5.41) is 0.278. The maximum Gasteiger partial charge on any atom is 0.127 e. The van der Waals surface area contributed by atoms with Crippen LogP contribution >= 0.6 is 11.6 Å². The smallest absolute Gasteiger partial charge is 0.127 e. The standard InChI is InChI=1S/C14H12ClF3N2/c15-10-2-1-8(13(18)6-10)5-14(20-19)9-3-11(16)7-12(17)4-9/h1-4,6-7,14,20H,5,19H2. The average molecular weight is 301 g/mol. The highest BCUT2D eigenvalue weighted by Gasteiger charge is 2.15. The van der Waals surface area contributed by atoms with Gasteiger partial charge in [0.2, 0.25) is 0 Å². The number of nitrogens with one attached hydrogen (secondary N) is 1. The van der Waals surface area contributed by atoms with E-state index in [1.807, 2.05) is 0 Å². The highest BCUT2D eigenvalue weighted by atomic mass is 35.5. The third-order valence-electron chi connectivity index (χ3n) is 2.93. The molecule has 0 heterocycles. The van der Waals surface area contributed by atoms with E-state index in [0.29, 0.717) is 11.1 Å². The average Bonchev–Trinajstić information content (AvgIpc) is 2.36. The summed E-state index contributed by atoms with van der Waals surface area (Å²) in [5.41, 5.74) is 3.08. The molecule has 0 fully saturated rings. The molecule has 0 spiro atoms. The second kappa shape index (κ2) is 6.26. The first-order chi connectivity index (χ1) is 9.49. The first-order valence-corrected chi connectivity index (χ1v) is 6.23. The lowest BCUT2D eigenvalue weighted by Gasteiger charge is -2.17. The third kappa shape index (κ3) is 3.50. The molecule has 1 atom stereocenters. The van der Waals surface area contributed by atoms with Crippen LogP contribution in [0.3, 0.4) is 0 Å². The van der Waals surface area contributed by atoms with Gasteiger partial charge >= 0.3 is 0 Å². The van der Waals surface area contributed by atoms with E-state index in [1.165, 1.54) is 12.1 Å². The van der Waals surface area contributed by atoms with Crippen molar-refractivity contribution in [1.29, 1.82) is 0 Å². The fraction of sp³-hybridized carbons (Fsp3) is 0.143. The maximum absolute atomic E-state index is 13.7. The Hall–Kier alpha value is -1.56. The largest absolute Gasteiger partial charge is 0.271 e. The number of halogens is 4. The normalized spacial score (nSPS) is 12.4. The van der Waals surface area contributed by atoms with Crippen molar-refractivity contribution in [3.05, 3.63) is 70.0 Å². The van der Waals surface area contributed by atoms with Crippen molar-refractivity contribution in [2.45, 2.75) is 12.5 Å². The van der Waals surface area contributed by atoms with E-state index < -0.39 is 23.5 Å². The van der Waals surface area contributed by atoms with Crippen molar-refractivity contribution in [1.82, 2.24) is 5.43 Å². The predicted octanol–water partition coefficient (Wildman–Crippen LogP) is 3.50. The quantitative estimate of drug-likeness (QED) is 0.670. The zero-order valence-electron chi connectivity index (χ0n) is 10.3. The molecule has 2 aromatic rings. The summed E-state index contributed by atoms with van der Waals surface area (Å²) in [4.78, 5) is 0. The Balaban J connectivity index is 2.28. The summed E-state index contributed by atoms with van der Waals surface area (Å²) in [6.45, 7) is 0. The van der Waals surface area contributed by atoms with Gasteiger partial charge in [-0.1, -0.05) is 17.7 Å². The molecule has 0 saturated heterocycles. The zero-order valence-corrected chi connectivity index (χ0v) is 11.1. The van der Waals surface area contributed by atoms with Crippen molar-refractivity contribution in [3.63, 3.8) is 0 Å². The summed E-state index contributed by atoms with van der Waals surface area (Å²) in [7, 11) is 0. The molecule has 0 saturated carbocycles.